The lowest BCUT2D eigenvalue weighted by Crippen LogP contribution is -2.19. The number of rotatable bonds is 9. The fourth-order valence-corrected chi connectivity index (χ4v) is 0.389. The molecule has 8 heteroatoms. The second-order valence-corrected chi connectivity index (χ2v) is 2.64. The maximum atomic E-state index is 8.21. The third-order valence-corrected chi connectivity index (χ3v) is 1.28. The van der Waals surface area contributed by atoms with Gasteiger partial charge in [-0.25, -0.2) is 0 Å². The van der Waals surface area contributed by atoms with Crippen molar-refractivity contribution in [3.8, 4) is 0 Å². The highest BCUT2D eigenvalue weighted by molar-refractivity contribution is 4.49. The highest BCUT2D eigenvalue weighted by Gasteiger charge is 2.00. The summed E-state index contributed by atoms with van der Waals surface area (Å²) in [6.45, 7) is -0.213. The molecule has 0 aromatic rings. The molecule has 0 unspecified atom stereocenters. The van der Waals surface area contributed by atoms with E-state index in [1.54, 1.807) is 0 Å². The van der Waals surface area contributed by atoms with Gasteiger partial charge in [0.25, 0.3) is 0 Å². The van der Waals surface area contributed by atoms with E-state index in [2.05, 4.69) is 15.3 Å². The lowest BCUT2D eigenvalue weighted by molar-refractivity contribution is -0.178. The minimum absolute atomic E-state index is 0.0600. The summed E-state index contributed by atoms with van der Waals surface area (Å²) in [6, 6.07) is 0. The van der Waals surface area contributed by atoms with Crippen molar-refractivity contribution in [2.45, 2.75) is 0 Å². The van der Waals surface area contributed by atoms with Gasteiger partial charge in [-0.1, -0.05) is 5.64 Å². The summed E-state index contributed by atoms with van der Waals surface area (Å²) in [4.78, 5) is 8.90. The number of hydrogen-bond acceptors (Lipinski definition) is 8. The van der Waals surface area contributed by atoms with E-state index in [0.29, 0.717) is 0 Å². The molecule has 0 aliphatic heterocycles. The predicted molar refractivity (Wildman–Crippen MR) is 54.0 cm³/mol. The van der Waals surface area contributed by atoms with Crippen LogP contribution < -0.4 is 5.64 Å². The molecule has 0 aromatic heterocycles. The molecule has 0 radical (unpaired) electrons. The molecule has 100 valence electrons. The third kappa shape index (κ3) is 16.1. The van der Waals surface area contributed by atoms with Gasteiger partial charge in [-0.15, -0.1) is 0 Å². The van der Waals surface area contributed by atoms with Gasteiger partial charge in [-0.2, -0.15) is 0 Å². The molecular weight excluding hydrogens is 222 g/mol. The first-order valence-corrected chi connectivity index (χ1v) is 4.79. The molecule has 0 rings (SSSR count). The molecule has 0 heterocycles. The van der Waals surface area contributed by atoms with E-state index in [1.165, 1.54) is 0 Å². The van der Waals surface area contributed by atoms with Crippen molar-refractivity contribution in [1.82, 2.24) is 5.64 Å². The van der Waals surface area contributed by atoms with Crippen LogP contribution in [-0.4, -0.2) is 71.8 Å². The van der Waals surface area contributed by atoms with E-state index >= 15 is 0 Å². The van der Waals surface area contributed by atoms with Crippen molar-refractivity contribution in [1.29, 1.82) is 0 Å². The molecule has 8 nitrogen and oxygen atoms in total. The van der Waals surface area contributed by atoms with Gasteiger partial charge in [0.15, 0.2) is 0 Å². The molecule has 0 atom stereocenters. The highest BCUT2D eigenvalue weighted by Crippen LogP contribution is 1.87. The van der Waals surface area contributed by atoms with Gasteiger partial charge in [-0.05, 0) is 0 Å². The summed E-state index contributed by atoms with van der Waals surface area (Å²) >= 11 is 0. The van der Waals surface area contributed by atoms with E-state index in [4.69, 9.17) is 25.5 Å². The number of hydrogen-bond donors (Lipinski definition) is 6. The van der Waals surface area contributed by atoms with Crippen LogP contribution in [0.4, 0.5) is 0 Å². The monoisotopic (exact) mass is 243 g/mol. The van der Waals surface area contributed by atoms with Crippen LogP contribution in [0, 0.1) is 5.92 Å². The van der Waals surface area contributed by atoms with E-state index in [1.807, 2.05) is 0 Å². The van der Waals surface area contributed by atoms with Crippen LogP contribution in [0.3, 0.4) is 0 Å². The van der Waals surface area contributed by atoms with Crippen LogP contribution >= 0.6 is 0 Å². The van der Waals surface area contributed by atoms with Crippen LogP contribution in [0.15, 0.2) is 0 Å². The Bertz CT molecular complexity index is 101. The van der Waals surface area contributed by atoms with Crippen molar-refractivity contribution < 1.29 is 35.2 Å². The molecule has 0 saturated carbocycles. The lowest BCUT2D eigenvalue weighted by Gasteiger charge is -2.02. The predicted octanol–water partition coefficient (Wildman–Crippen LogP) is -3.00. The van der Waals surface area contributed by atoms with Gasteiger partial charge >= 0.3 is 0 Å². The van der Waals surface area contributed by atoms with Crippen molar-refractivity contribution in [3.63, 3.8) is 0 Å². The van der Waals surface area contributed by atoms with Crippen LogP contribution in [0.25, 0.3) is 0 Å². The van der Waals surface area contributed by atoms with E-state index in [9.17, 15) is 0 Å². The molecule has 0 bridgehead atoms. The van der Waals surface area contributed by atoms with E-state index < -0.39 is 0 Å². The second-order valence-electron chi connectivity index (χ2n) is 2.64. The average molecular weight is 243 g/mol. The minimum atomic E-state index is -0.347. The Morgan fingerprint density at radius 3 is 1.31 bits per heavy atom. The normalized spacial score (nSPS) is 10.1. The van der Waals surface area contributed by atoms with E-state index in [0.717, 1.165) is 0 Å². The van der Waals surface area contributed by atoms with Gasteiger partial charge in [0.2, 0.25) is 0 Å². The Labute approximate surface area is 94.0 Å². The first-order chi connectivity index (χ1) is 7.76. The largest absolute Gasteiger partial charge is 0.396 e. The molecular formula is C8H21NO7. The van der Waals surface area contributed by atoms with Crippen molar-refractivity contribution in [2.24, 2.45) is 5.92 Å². The Kier molecular flexibility index (Phi) is 19.3. The number of aliphatic hydroxyl groups is 5. The molecule has 0 aliphatic carbocycles. The zero-order valence-corrected chi connectivity index (χ0v) is 9.08. The summed E-state index contributed by atoms with van der Waals surface area (Å²) in [5, 5.41) is 40.9. The van der Waals surface area contributed by atoms with Crippen LogP contribution in [0.5, 0.6) is 0 Å². The Balaban J connectivity index is 0. The number of aliphatic hydroxyl groups excluding tert-OH is 5. The summed E-state index contributed by atoms with van der Waals surface area (Å²) in [6.07, 6.45) is 0. The van der Waals surface area contributed by atoms with Crippen molar-refractivity contribution in [3.05, 3.63) is 0 Å². The molecule has 0 spiro atoms. The summed E-state index contributed by atoms with van der Waals surface area (Å²) in [5.74, 6) is -0.347. The van der Waals surface area contributed by atoms with Gasteiger partial charge in [0, 0.05) is 5.92 Å². The van der Waals surface area contributed by atoms with Crippen molar-refractivity contribution in [2.75, 3.05) is 46.2 Å². The van der Waals surface area contributed by atoms with Gasteiger partial charge in [0.05, 0.1) is 46.2 Å². The fraction of sp³-hybridized carbons (Fsp3) is 1.00. The molecule has 6 N–H and O–H groups in total. The Hall–Kier alpha value is -0.320. The second kappa shape index (κ2) is 17.1. The standard InChI is InChI=1S/C4H11NO4.C4H10O3/c6-1-3-8-5-9-4-2-7;5-1-4(2-6)3-7/h5-7H,1-4H2;4-7H,1-3H2. The Morgan fingerprint density at radius 1 is 0.750 bits per heavy atom. The molecule has 0 aromatic carbocycles. The summed E-state index contributed by atoms with van der Waals surface area (Å²) in [5.41, 5.74) is 2.07. The third-order valence-electron chi connectivity index (χ3n) is 1.28. The first-order valence-electron chi connectivity index (χ1n) is 4.79. The SMILES string of the molecule is OCC(CO)CO.OCCONOCCO. The van der Waals surface area contributed by atoms with Crippen LogP contribution in [-0.2, 0) is 9.68 Å². The van der Waals surface area contributed by atoms with Crippen LogP contribution in [0.2, 0.25) is 0 Å². The molecule has 0 amide bonds. The van der Waals surface area contributed by atoms with Gasteiger partial charge in [0.1, 0.15) is 0 Å². The summed E-state index contributed by atoms with van der Waals surface area (Å²) in [7, 11) is 0. The topological polar surface area (TPSA) is 132 Å². The molecule has 16 heavy (non-hydrogen) atoms. The first kappa shape index (κ1) is 18.1. The zero-order chi connectivity index (χ0) is 12.6. The molecule has 0 saturated heterocycles. The smallest absolute Gasteiger partial charge is 0.0940 e. The highest BCUT2D eigenvalue weighted by atomic mass is 16.9. The minimum Gasteiger partial charge on any atom is -0.396 e. The lowest BCUT2D eigenvalue weighted by atomic mass is 10.2. The number of nitrogens with one attached hydrogen (secondary N) is 1. The maximum Gasteiger partial charge on any atom is 0.0940 e. The Morgan fingerprint density at radius 2 is 1.12 bits per heavy atom. The zero-order valence-electron chi connectivity index (χ0n) is 9.08. The van der Waals surface area contributed by atoms with E-state index in [-0.39, 0.29) is 52.2 Å². The summed E-state index contributed by atoms with van der Waals surface area (Å²) < 4.78 is 0. The van der Waals surface area contributed by atoms with Gasteiger partial charge in [-0.3, -0.25) is 9.68 Å². The molecule has 0 aliphatic rings. The molecule has 0 fully saturated rings. The van der Waals surface area contributed by atoms with Gasteiger partial charge < -0.3 is 25.5 Å². The van der Waals surface area contributed by atoms with Crippen molar-refractivity contribution >= 4 is 0 Å². The fourth-order valence-electron chi connectivity index (χ4n) is 0.389. The quantitative estimate of drug-likeness (QED) is 0.186. The average Bonchev–Trinajstić information content (AvgIpc) is 2.32. The maximum absolute atomic E-state index is 8.21. The van der Waals surface area contributed by atoms with Crippen LogP contribution in [0.1, 0.15) is 0 Å².